The Kier molecular flexibility index (Phi) is 6.66. The average molecular weight is 541 g/mol. The summed E-state index contributed by atoms with van der Waals surface area (Å²) in [4.78, 5) is 24.7. The van der Waals surface area contributed by atoms with Crippen molar-refractivity contribution in [3.8, 4) is 28.5 Å². The van der Waals surface area contributed by atoms with Gasteiger partial charge in [-0.3, -0.25) is 9.48 Å². The van der Waals surface area contributed by atoms with Crippen LogP contribution in [0.15, 0.2) is 65.0 Å². The highest BCUT2D eigenvalue weighted by molar-refractivity contribution is 6.35. The van der Waals surface area contributed by atoms with Gasteiger partial charge in [-0.25, -0.2) is 4.79 Å². The van der Waals surface area contributed by atoms with E-state index in [4.69, 9.17) is 16.3 Å². The molecule has 1 aromatic heterocycles. The number of amides is 2. The van der Waals surface area contributed by atoms with E-state index in [-0.39, 0.29) is 6.54 Å². The van der Waals surface area contributed by atoms with Crippen LogP contribution in [0, 0.1) is 11.3 Å². The fourth-order valence-corrected chi connectivity index (χ4v) is 4.93. The number of nitrogens with zero attached hydrogens (tertiary/aromatic N) is 5. The van der Waals surface area contributed by atoms with Crippen LogP contribution in [0.2, 0.25) is 5.02 Å². The van der Waals surface area contributed by atoms with E-state index in [0.29, 0.717) is 27.3 Å². The quantitative estimate of drug-likeness (QED) is 0.312. The molecule has 0 bridgehead atoms. The molecule has 1 aliphatic rings. The highest BCUT2D eigenvalue weighted by Crippen LogP contribution is 2.39. The zero-order valence-corrected chi connectivity index (χ0v) is 22.6. The topological polar surface area (TPSA) is 122 Å². The van der Waals surface area contributed by atoms with E-state index >= 15 is 0 Å². The van der Waals surface area contributed by atoms with Crippen LogP contribution in [0.1, 0.15) is 48.3 Å². The molecule has 10 heteroatoms. The van der Waals surface area contributed by atoms with Gasteiger partial charge in [0.05, 0.1) is 17.5 Å². The molecule has 0 spiro atoms. The minimum Gasteiger partial charge on any atom is -0.444 e. The standard InChI is InChI=1S/C29H25ClN6O3/c1-29(2,3)39-28(38)32-15-25-21-12-16(8-9-20(21)27(37)35-34-25)23-14-33-36(4)26(23)19-11-10-18-17(22(19)13-31)6-5-7-24(18)30/h5-12,14,25H,15H2,1-4H3,(H,32,38). The van der Waals surface area contributed by atoms with Gasteiger partial charge < -0.3 is 10.1 Å². The molecule has 0 fully saturated rings. The highest BCUT2D eigenvalue weighted by Gasteiger charge is 2.27. The number of hydrogen-bond donors (Lipinski definition) is 1. The lowest BCUT2D eigenvalue weighted by Crippen LogP contribution is -2.35. The number of carbonyl (C=O) groups is 2. The molecule has 1 N–H and O–H groups in total. The molecular weight excluding hydrogens is 516 g/mol. The number of nitrogens with one attached hydrogen (secondary N) is 1. The molecule has 0 saturated heterocycles. The van der Waals surface area contributed by atoms with Gasteiger partial charge in [-0.2, -0.15) is 15.5 Å². The van der Waals surface area contributed by atoms with Crippen molar-refractivity contribution in [2.45, 2.75) is 32.4 Å². The molecule has 2 heterocycles. The molecule has 0 saturated carbocycles. The summed E-state index contributed by atoms with van der Waals surface area (Å²) < 4.78 is 7.04. The SMILES string of the molecule is Cn1ncc(-c2ccc3c(c2)C(CNC(=O)OC(C)(C)C)N=NC3=O)c1-c1ccc2c(Cl)cccc2c1C#N. The highest BCUT2D eigenvalue weighted by atomic mass is 35.5. The Balaban J connectivity index is 1.56. The number of aromatic nitrogens is 2. The van der Waals surface area contributed by atoms with Gasteiger partial charge >= 0.3 is 6.09 Å². The van der Waals surface area contributed by atoms with E-state index in [0.717, 1.165) is 27.6 Å². The summed E-state index contributed by atoms with van der Waals surface area (Å²) in [6.07, 6.45) is 1.14. The Morgan fingerprint density at radius 3 is 2.64 bits per heavy atom. The van der Waals surface area contributed by atoms with E-state index in [1.165, 1.54) is 0 Å². The summed E-state index contributed by atoms with van der Waals surface area (Å²) in [5.41, 5.74) is 3.87. The van der Waals surface area contributed by atoms with Gasteiger partial charge in [0, 0.05) is 46.1 Å². The van der Waals surface area contributed by atoms with E-state index in [9.17, 15) is 14.9 Å². The predicted octanol–water partition coefficient (Wildman–Crippen LogP) is 6.60. The van der Waals surface area contributed by atoms with Crippen LogP contribution < -0.4 is 5.32 Å². The number of aryl methyl sites for hydroxylation is 1. The summed E-state index contributed by atoms with van der Waals surface area (Å²) in [6, 6.07) is 16.4. The number of nitriles is 1. The lowest BCUT2D eigenvalue weighted by molar-refractivity contribution is 0.0524. The lowest BCUT2D eigenvalue weighted by atomic mass is 9.91. The van der Waals surface area contributed by atoms with Crippen molar-refractivity contribution in [2.24, 2.45) is 17.3 Å². The average Bonchev–Trinajstić information content (AvgIpc) is 3.27. The molecule has 0 aliphatic carbocycles. The van der Waals surface area contributed by atoms with Crippen molar-refractivity contribution in [1.82, 2.24) is 15.1 Å². The number of azo groups is 1. The van der Waals surface area contributed by atoms with Crippen LogP contribution in [0.4, 0.5) is 4.79 Å². The van der Waals surface area contributed by atoms with Gasteiger partial charge in [0.25, 0.3) is 5.91 Å². The molecule has 1 unspecified atom stereocenters. The van der Waals surface area contributed by atoms with Gasteiger partial charge in [0.15, 0.2) is 0 Å². The summed E-state index contributed by atoms with van der Waals surface area (Å²) in [7, 11) is 1.81. The van der Waals surface area contributed by atoms with Gasteiger partial charge in [-0.1, -0.05) is 41.9 Å². The van der Waals surface area contributed by atoms with Crippen LogP contribution in [-0.2, 0) is 11.8 Å². The van der Waals surface area contributed by atoms with Gasteiger partial charge in [0.1, 0.15) is 17.7 Å². The molecule has 2 amide bonds. The summed E-state index contributed by atoms with van der Waals surface area (Å²) in [5, 5.41) is 27.3. The molecule has 4 aromatic rings. The van der Waals surface area contributed by atoms with Crippen LogP contribution in [0.3, 0.4) is 0 Å². The smallest absolute Gasteiger partial charge is 0.407 e. The second kappa shape index (κ2) is 9.97. The van der Waals surface area contributed by atoms with Gasteiger partial charge in [0.2, 0.25) is 0 Å². The normalized spacial score (nSPS) is 14.7. The van der Waals surface area contributed by atoms with Crippen LogP contribution >= 0.6 is 11.6 Å². The van der Waals surface area contributed by atoms with Gasteiger partial charge in [-0.15, -0.1) is 5.11 Å². The molecule has 9 nitrogen and oxygen atoms in total. The molecule has 39 heavy (non-hydrogen) atoms. The summed E-state index contributed by atoms with van der Waals surface area (Å²) in [5.74, 6) is -0.449. The molecule has 5 rings (SSSR count). The minimum absolute atomic E-state index is 0.103. The van der Waals surface area contributed by atoms with Crippen LogP contribution in [-0.4, -0.2) is 33.9 Å². The first-order chi connectivity index (χ1) is 18.6. The van der Waals surface area contributed by atoms with E-state index in [2.05, 4.69) is 26.7 Å². The minimum atomic E-state index is -0.647. The monoisotopic (exact) mass is 540 g/mol. The van der Waals surface area contributed by atoms with Crippen molar-refractivity contribution < 1.29 is 14.3 Å². The Morgan fingerprint density at radius 1 is 1.13 bits per heavy atom. The Labute approximate surface area is 230 Å². The maximum absolute atomic E-state index is 12.5. The third-order valence-corrected chi connectivity index (χ3v) is 6.72. The van der Waals surface area contributed by atoms with Crippen molar-refractivity contribution in [3.05, 3.63) is 76.4 Å². The zero-order chi connectivity index (χ0) is 27.9. The first-order valence-electron chi connectivity index (χ1n) is 12.3. The van der Waals surface area contributed by atoms with Crippen molar-refractivity contribution in [1.29, 1.82) is 5.26 Å². The second-order valence-electron chi connectivity index (χ2n) is 10.2. The maximum atomic E-state index is 12.5. The Bertz CT molecular complexity index is 1710. The van der Waals surface area contributed by atoms with Crippen LogP contribution in [0.5, 0.6) is 0 Å². The first-order valence-corrected chi connectivity index (χ1v) is 12.6. The maximum Gasteiger partial charge on any atom is 0.407 e. The number of carbonyl (C=O) groups excluding carboxylic acids is 2. The number of halogens is 1. The predicted molar refractivity (Wildman–Crippen MR) is 147 cm³/mol. The number of hydrogen-bond acceptors (Lipinski definition) is 6. The third-order valence-electron chi connectivity index (χ3n) is 6.39. The van der Waals surface area contributed by atoms with E-state index in [1.807, 2.05) is 43.4 Å². The van der Waals surface area contributed by atoms with Crippen LogP contribution in [0.25, 0.3) is 33.2 Å². The Hall–Kier alpha value is -4.55. The fourth-order valence-electron chi connectivity index (χ4n) is 4.69. The zero-order valence-electron chi connectivity index (χ0n) is 21.8. The number of alkyl carbamates (subject to hydrolysis) is 1. The van der Waals surface area contributed by atoms with E-state index in [1.54, 1.807) is 43.8 Å². The van der Waals surface area contributed by atoms with Gasteiger partial charge in [-0.05, 0) is 50.1 Å². The second-order valence-corrected chi connectivity index (χ2v) is 10.6. The Morgan fingerprint density at radius 2 is 1.90 bits per heavy atom. The third kappa shape index (κ3) is 4.99. The van der Waals surface area contributed by atoms with Crippen molar-refractivity contribution >= 4 is 34.4 Å². The first kappa shape index (κ1) is 26.1. The summed E-state index contributed by atoms with van der Waals surface area (Å²) in [6.45, 7) is 5.44. The molecule has 196 valence electrons. The number of ether oxygens (including phenoxy) is 1. The lowest BCUT2D eigenvalue weighted by Gasteiger charge is -2.22. The van der Waals surface area contributed by atoms with E-state index < -0.39 is 23.6 Å². The number of fused-ring (bicyclic) bond motifs is 2. The molecule has 0 radical (unpaired) electrons. The fraction of sp³-hybridized carbons (Fsp3) is 0.241. The number of benzene rings is 3. The van der Waals surface area contributed by atoms with Crippen molar-refractivity contribution in [2.75, 3.05) is 6.54 Å². The number of rotatable bonds is 4. The molecule has 1 aliphatic heterocycles. The molecular formula is C29H25ClN6O3. The van der Waals surface area contributed by atoms with Crippen molar-refractivity contribution in [3.63, 3.8) is 0 Å². The summed E-state index contributed by atoms with van der Waals surface area (Å²) >= 11 is 6.39. The largest absolute Gasteiger partial charge is 0.444 e. The molecule has 3 aromatic carbocycles. The molecule has 1 atom stereocenters.